The standard InChI is InChI=1S/C32H49NO9.C12H16ClNO3.ClH.H2O4S/c1-6-18(3)25(35)41-24-11-12-26(4)19-8-9-20-28(37)13-23(34)31(39)21(29(28,38)16-30(20,26)42-32(19,24)40)15-33-14-17(2)7-10-22(33)27(31,5)36;1-14(2)7-8-16-12(15)9-17-11-5-3-10(13)4-6-11;;1-5(2,3)4/h6,17,19-24,34,36-40H,7-16H2,1-5H3;3-6H,7-9H2,1-2H3;1H;(H2,1,2,3,4). The molecule has 1 aromatic carbocycles. The number of rotatable bonds is 8. The van der Waals surface area contributed by atoms with Crippen LogP contribution in [0.25, 0.3) is 0 Å². The molecule has 3 aliphatic heterocycles. The minimum atomic E-state index is -4.67. The predicted molar refractivity (Wildman–Crippen MR) is 237 cm³/mol. The number of aliphatic hydroxyl groups excluding tert-OH is 1. The summed E-state index contributed by atoms with van der Waals surface area (Å²) in [4.78, 5) is 28.1. The van der Waals surface area contributed by atoms with E-state index in [9.17, 15) is 40.2 Å². The number of likely N-dealkylation sites (N-methyl/N-ethyl adjacent to an activating group) is 1. The number of carbonyl (C=O) groups excluding carboxylic acids is 2. The van der Waals surface area contributed by atoms with Gasteiger partial charge in [0, 0.05) is 72.3 Å². The van der Waals surface area contributed by atoms with Crippen LogP contribution in [0.2, 0.25) is 5.02 Å². The Kier molecular flexibility index (Phi) is 15.7. The van der Waals surface area contributed by atoms with Gasteiger partial charge in [0.15, 0.2) is 12.7 Å². The van der Waals surface area contributed by atoms with Crippen LogP contribution in [0, 0.1) is 29.1 Å². The lowest BCUT2D eigenvalue weighted by molar-refractivity contribution is -0.354. The Hall–Kier alpha value is -2.21. The van der Waals surface area contributed by atoms with Gasteiger partial charge in [0.25, 0.3) is 0 Å². The average molecular weight is 984 g/mol. The maximum absolute atomic E-state index is 12.9. The molecule has 0 amide bonds. The van der Waals surface area contributed by atoms with E-state index >= 15 is 0 Å². The fraction of sp³-hybridized carbons (Fsp3) is 0.773. The summed E-state index contributed by atoms with van der Waals surface area (Å²) in [6.07, 6.45) is 2.30. The van der Waals surface area contributed by atoms with Crippen molar-refractivity contribution in [1.29, 1.82) is 0 Å². The Morgan fingerprint density at radius 2 is 1.57 bits per heavy atom. The predicted octanol–water partition coefficient (Wildman–Crippen LogP) is 2.58. The smallest absolute Gasteiger partial charge is 0.394 e. The molecule has 7 aliphatic rings. The van der Waals surface area contributed by atoms with Crippen LogP contribution in [0.5, 0.6) is 5.75 Å². The summed E-state index contributed by atoms with van der Waals surface area (Å²) < 4.78 is 54.4. The SMILES string of the molecule is CC=C(C)C(=O)OC1CCC2(C)C3CCC4C5(O)CC(O)C6(O)C(CN7CC(C)CCC7C6(C)O)C5(O)CC42OC13O.CN(C)CCOC(=O)COc1ccc(Cl)cc1.Cl.O=S(=O)(O)O. The first-order chi connectivity index (χ1) is 29.5. The summed E-state index contributed by atoms with van der Waals surface area (Å²) in [6, 6.07) is 6.43. The number of hydrogen-bond donors (Lipinski definition) is 8. The molecule has 7 fully saturated rings. The first kappa shape index (κ1) is 53.7. The van der Waals surface area contributed by atoms with Crippen LogP contribution < -0.4 is 4.74 Å². The summed E-state index contributed by atoms with van der Waals surface area (Å²) in [5.74, 6) is -3.82. The highest BCUT2D eigenvalue weighted by molar-refractivity contribution is 7.79. The Morgan fingerprint density at radius 3 is 2.17 bits per heavy atom. The molecule has 4 bridgehead atoms. The molecule has 14 unspecified atom stereocenters. The van der Waals surface area contributed by atoms with Crippen LogP contribution in [0.3, 0.4) is 0 Å². The zero-order chi connectivity index (χ0) is 47.6. The molecular formula is C44H68Cl2N2O16S. The van der Waals surface area contributed by atoms with Gasteiger partial charge in [-0.05, 0) is 104 Å². The van der Waals surface area contributed by atoms with Gasteiger partial charge in [0.1, 0.15) is 34.8 Å². The van der Waals surface area contributed by atoms with Gasteiger partial charge in [-0.25, -0.2) is 9.59 Å². The number of fused-ring (bicyclic) bond motifs is 5. The normalized spacial score (nSPS) is 42.5. The number of piperidine rings is 2. The van der Waals surface area contributed by atoms with Crippen molar-refractivity contribution in [2.45, 2.75) is 138 Å². The summed E-state index contributed by atoms with van der Waals surface area (Å²) in [5.41, 5.74) is -8.96. The highest BCUT2D eigenvalue weighted by Gasteiger charge is 2.88. The molecule has 21 heteroatoms. The van der Waals surface area contributed by atoms with Crippen LogP contribution >= 0.6 is 24.0 Å². The molecule has 1 spiro atoms. The quantitative estimate of drug-likeness (QED) is 0.106. The number of benzene rings is 1. The fourth-order valence-electron chi connectivity index (χ4n) is 12.8. The number of aliphatic hydroxyl groups is 6. The number of allylic oxidation sites excluding steroid dienone is 1. The first-order valence-corrected chi connectivity index (χ1v) is 23.8. The highest BCUT2D eigenvalue weighted by atomic mass is 35.5. The minimum Gasteiger partial charge on any atom is -0.482 e. The third kappa shape index (κ3) is 9.22. The summed E-state index contributed by atoms with van der Waals surface area (Å²) in [7, 11) is -0.837. The van der Waals surface area contributed by atoms with E-state index in [-0.39, 0.29) is 50.4 Å². The van der Waals surface area contributed by atoms with Crippen molar-refractivity contribution < 1.29 is 76.7 Å². The third-order valence-electron chi connectivity index (χ3n) is 16.0. The fourth-order valence-corrected chi connectivity index (χ4v) is 13.0. The minimum absolute atomic E-state index is 0. The second-order valence-corrected chi connectivity index (χ2v) is 21.2. The molecule has 1 aromatic rings. The van der Waals surface area contributed by atoms with Crippen LogP contribution in [-0.4, -0.2) is 169 Å². The number of esters is 2. The van der Waals surface area contributed by atoms with Crippen molar-refractivity contribution in [1.82, 2.24) is 9.80 Å². The lowest BCUT2D eigenvalue weighted by Gasteiger charge is -2.68. The van der Waals surface area contributed by atoms with Crippen molar-refractivity contribution in [2.24, 2.45) is 29.1 Å². The molecule has 0 radical (unpaired) electrons. The zero-order valence-corrected chi connectivity index (χ0v) is 40.4. The molecule has 0 aromatic heterocycles. The molecule has 3 heterocycles. The van der Waals surface area contributed by atoms with Crippen molar-refractivity contribution in [3.05, 3.63) is 40.9 Å². The van der Waals surface area contributed by atoms with Gasteiger partial charge in [0.05, 0.1) is 11.7 Å². The monoisotopic (exact) mass is 982 g/mol. The molecule has 3 saturated heterocycles. The molecule has 4 aliphatic carbocycles. The Morgan fingerprint density at radius 1 is 0.954 bits per heavy atom. The Bertz CT molecular complexity index is 2040. The van der Waals surface area contributed by atoms with Crippen LogP contribution in [0.1, 0.15) is 86.0 Å². The lowest BCUT2D eigenvalue weighted by atomic mass is 9.49. The number of hydrogen-bond acceptors (Lipinski definition) is 16. The van der Waals surface area contributed by atoms with Gasteiger partial charge >= 0.3 is 22.3 Å². The number of ether oxygens (including phenoxy) is 4. The largest absolute Gasteiger partial charge is 0.482 e. The van der Waals surface area contributed by atoms with Crippen LogP contribution in [0.4, 0.5) is 0 Å². The summed E-state index contributed by atoms with van der Waals surface area (Å²) in [6.45, 7) is 11.0. The molecule has 4 saturated carbocycles. The first-order valence-electron chi connectivity index (χ1n) is 22.0. The van der Waals surface area contributed by atoms with Gasteiger partial charge in [-0.1, -0.05) is 31.5 Å². The van der Waals surface area contributed by atoms with Crippen molar-refractivity contribution in [2.75, 3.05) is 46.9 Å². The van der Waals surface area contributed by atoms with Gasteiger partial charge in [0.2, 0.25) is 5.79 Å². The van der Waals surface area contributed by atoms with E-state index in [1.807, 2.05) is 25.9 Å². The van der Waals surface area contributed by atoms with E-state index in [0.29, 0.717) is 74.1 Å². The second kappa shape index (κ2) is 18.9. The van der Waals surface area contributed by atoms with E-state index in [4.69, 9.17) is 48.1 Å². The molecule has 8 N–H and O–H groups in total. The molecular weight excluding hydrogens is 915 g/mol. The number of nitrogens with zero attached hydrogens (tertiary/aromatic N) is 2. The molecule has 18 nitrogen and oxygen atoms in total. The summed E-state index contributed by atoms with van der Waals surface area (Å²) in [5, 5.41) is 74.6. The van der Waals surface area contributed by atoms with E-state index in [0.717, 1.165) is 6.42 Å². The Labute approximate surface area is 392 Å². The average Bonchev–Trinajstić information content (AvgIpc) is 3.37. The van der Waals surface area contributed by atoms with Gasteiger partial charge < -0.3 is 54.5 Å². The second-order valence-electron chi connectivity index (χ2n) is 19.9. The van der Waals surface area contributed by atoms with Crippen molar-refractivity contribution in [3.63, 3.8) is 0 Å². The number of halogens is 2. The van der Waals surface area contributed by atoms with E-state index in [1.165, 1.54) is 0 Å². The lowest BCUT2D eigenvalue weighted by Crippen LogP contribution is -2.85. The highest BCUT2D eigenvalue weighted by Crippen LogP contribution is 2.78. The van der Waals surface area contributed by atoms with E-state index in [2.05, 4.69) is 11.8 Å². The van der Waals surface area contributed by atoms with Gasteiger partial charge in [-0.15, -0.1) is 12.4 Å². The maximum Gasteiger partial charge on any atom is 0.394 e. The maximum atomic E-state index is 12.9. The topological polar surface area (TPSA) is 274 Å². The zero-order valence-electron chi connectivity index (χ0n) is 38.1. The van der Waals surface area contributed by atoms with Crippen LogP contribution in [0.15, 0.2) is 35.9 Å². The molecule has 14 atom stereocenters. The molecule has 370 valence electrons. The van der Waals surface area contributed by atoms with E-state index < -0.39 is 85.5 Å². The Balaban J connectivity index is 0.000000288. The summed E-state index contributed by atoms with van der Waals surface area (Å²) >= 11 is 5.72. The number of carbonyl (C=O) groups is 2. The van der Waals surface area contributed by atoms with Gasteiger partial charge in [-0.2, -0.15) is 8.42 Å². The van der Waals surface area contributed by atoms with Crippen LogP contribution in [-0.2, 0) is 34.2 Å². The third-order valence-corrected chi connectivity index (χ3v) is 16.3. The van der Waals surface area contributed by atoms with Gasteiger partial charge in [-0.3, -0.25) is 14.0 Å². The van der Waals surface area contributed by atoms with Crippen molar-refractivity contribution >= 4 is 46.3 Å². The molecule has 8 rings (SSSR count). The molecule has 65 heavy (non-hydrogen) atoms. The van der Waals surface area contributed by atoms with Crippen molar-refractivity contribution in [3.8, 4) is 5.75 Å². The van der Waals surface area contributed by atoms with E-state index in [1.54, 1.807) is 51.1 Å².